The average molecular weight is 371 g/mol. The summed E-state index contributed by atoms with van der Waals surface area (Å²) >= 11 is 0. The molecule has 1 amide bonds. The number of aryl methyl sites for hydroxylation is 1. The Morgan fingerprint density at radius 1 is 1.41 bits per heavy atom. The molecule has 0 bridgehead atoms. The predicted octanol–water partition coefficient (Wildman–Crippen LogP) is 3.41. The second-order valence-corrected chi connectivity index (χ2v) is 7.19. The van der Waals surface area contributed by atoms with Crippen molar-refractivity contribution >= 4 is 18.0 Å². The minimum absolute atomic E-state index is 0.104. The maximum Gasteiger partial charge on any atom is 0.349 e. The Bertz CT molecular complexity index is 764. The number of hydrogen-bond donors (Lipinski definition) is 1. The van der Waals surface area contributed by atoms with Crippen molar-refractivity contribution < 1.29 is 14.3 Å². The smallest absolute Gasteiger partial charge is 0.349 e. The molecule has 0 saturated heterocycles. The average Bonchev–Trinajstić information content (AvgIpc) is 3.23. The van der Waals surface area contributed by atoms with Crippen LogP contribution in [0.5, 0.6) is 0 Å². The normalized spacial score (nSPS) is 16.0. The number of ether oxygens (including phenoxy) is 1. The van der Waals surface area contributed by atoms with Gasteiger partial charge in [0.2, 0.25) is 0 Å². The van der Waals surface area contributed by atoms with Crippen LogP contribution in [0.3, 0.4) is 0 Å². The zero-order valence-electron chi connectivity index (χ0n) is 16.7. The summed E-state index contributed by atoms with van der Waals surface area (Å²) in [5.74, 6) is -1.08. The number of aromatic nitrogens is 1. The lowest BCUT2D eigenvalue weighted by molar-refractivity contribution is -0.151. The van der Waals surface area contributed by atoms with Crippen LogP contribution in [0.15, 0.2) is 11.6 Å². The van der Waals surface area contributed by atoms with Gasteiger partial charge in [-0.2, -0.15) is 5.26 Å². The zero-order chi connectivity index (χ0) is 20.0. The molecule has 27 heavy (non-hydrogen) atoms. The van der Waals surface area contributed by atoms with Crippen LogP contribution in [-0.2, 0) is 20.9 Å². The van der Waals surface area contributed by atoms with Crippen LogP contribution < -0.4 is 5.32 Å². The number of nitrogens with one attached hydrogen (secondary N) is 1. The van der Waals surface area contributed by atoms with Crippen LogP contribution in [0.2, 0.25) is 0 Å². The lowest BCUT2D eigenvalue weighted by Gasteiger charge is -2.16. The highest BCUT2D eigenvalue weighted by molar-refractivity contribution is 5.99. The van der Waals surface area contributed by atoms with E-state index in [-0.39, 0.29) is 17.5 Å². The molecular weight excluding hydrogens is 342 g/mol. The third kappa shape index (κ3) is 5.22. The van der Waals surface area contributed by atoms with Gasteiger partial charge in [0.1, 0.15) is 11.6 Å². The summed E-state index contributed by atoms with van der Waals surface area (Å²) in [6.45, 7) is 8.48. The van der Waals surface area contributed by atoms with Crippen molar-refractivity contribution in [3.63, 3.8) is 0 Å². The highest BCUT2D eigenvalue weighted by Crippen LogP contribution is 2.20. The minimum Gasteiger partial charge on any atom is -0.448 e. The van der Waals surface area contributed by atoms with E-state index in [0.29, 0.717) is 0 Å². The van der Waals surface area contributed by atoms with Crippen LogP contribution in [0.25, 0.3) is 6.08 Å². The van der Waals surface area contributed by atoms with E-state index in [4.69, 9.17) is 4.74 Å². The van der Waals surface area contributed by atoms with Gasteiger partial charge in [-0.1, -0.05) is 19.8 Å². The van der Waals surface area contributed by atoms with Gasteiger partial charge in [-0.05, 0) is 57.7 Å². The monoisotopic (exact) mass is 371 g/mol. The van der Waals surface area contributed by atoms with Crippen LogP contribution in [0.1, 0.15) is 62.9 Å². The van der Waals surface area contributed by atoms with Gasteiger partial charge in [0.15, 0.2) is 6.10 Å². The van der Waals surface area contributed by atoms with E-state index in [1.54, 1.807) is 6.08 Å². The lowest BCUT2D eigenvalue weighted by atomic mass is 10.1. The molecule has 0 radical (unpaired) electrons. The Morgan fingerprint density at radius 2 is 2.07 bits per heavy atom. The topological polar surface area (TPSA) is 84.1 Å². The molecule has 1 saturated carbocycles. The Kier molecular flexibility index (Phi) is 7.23. The molecule has 2 rings (SSSR count). The standard InChI is InChI=1S/C21H29N3O3/c1-5-10-24-14(2)11-17(15(24)3)12-18(13-22)21(26)27-16(4)20(25)23-19-8-6-7-9-19/h11-12,16,19H,5-10H2,1-4H3,(H,23,25)/b18-12+/t16-/m0/s1. The molecule has 1 aliphatic carbocycles. The van der Waals surface area contributed by atoms with Crippen molar-refractivity contribution in [2.45, 2.75) is 78.5 Å². The molecule has 0 aliphatic heterocycles. The van der Waals surface area contributed by atoms with Crippen LogP contribution >= 0.6 is 0 Å². The van der Waals surface area contributed by atoms with Crippen molar-refractivity contribution in [2.24, 2.45) is 0 Å². The Hall–Kier alpha value is -2.55. The summed E-state index contributed by atoms with van der Waals surface area (Å²) in [4.78, 5) is 24.5. The molecule has 0 unspecified atom stereocenters. The second kappa shape index (κ2) is 9.40. The molecule has 0 aromatic carbocycles. The highest BCUT2D eigenvalue weighted by atomic mass is 16.5. The first-order valence-corrected chi connectivity index (χ1v) is 9.67. The van der Waals surface area contributed by atoms with Gasteiger partial charge < -0.3 is 14.6 Å². The Labute approximate surface area is 161 Å². The van der Waals surface area contributed by atoms with Gasteiger partial charge in [-0.3, -0.25) is 4.79 Å². The second-order valence-electron chi connectivity index (χ2n) is 7.19. The van der Waals surface area contributed by atoms with Crippen molar-refractivity contribution in [3.05, 3.63) is 28.6 Å². The summed E-state index contributed by atoms with van der Waals surface area (Å²) in [6, 6.07) is 4.01. The minimum atomic E-state index is -0.928. The molecule has 1 aromatic heterocycles. The molecule has 1 N–H and O–H groups in total. The third-order valence-corrected chi connectivity index (χ3v) is 5.05. The fraction of sp³-hybridized carbons (Fsp3) is 0.571. The number of carbonyl (C=O) groups excluding carboxylic acids is 2. The molecule has 0 spiro atoms. The fourth-order valence-corrected chi connectivity index (χ4v) is 3.50. The molecular formula is C21H29N3O3. The largest absolute Gasteiger partial charge is 0.448 e. The van der Waals surface area contributed by atoms with Gasteiger partial charge in [-0.15, -0.1) is 0 Å². The maximum absolute atomic E-state index is 12.4. The van der Waals surface area contributed by atoms with Crippen LogP contribution in [-0.4, -0.2) is 28.6 Å². The molecule has 1 aromatic rings. The van der Waals surface area contributed by atoms with E-state index in [0.717, 1.165) is 55.6 Å². The number of carbonyl (C=O) groups is 2. The molecule has 1 fully saturated rings. The number of nitriles is 1. The highest BCUT2D eigenvalue weighted by Gasteiger charge is 2.24. The zero-order valence-corrected chi connectivity index (χ0v) is 16.7. The maximum atomic E-state index is 12.4. The summed E-state index contributed by atoms with van der Waals surface area (Å²) in [6.07, 6.45) is 5.75. The van der Waals surface area contributed by atoms with E-state index < -0.39 is 12.1 Å². The molecule has 1 atom stereocenters. The van der Waals surface area contributed by atoms with Gasteiger partial charge in [0.05, 0.1) is 0 Å². The molecule has 6 nitrogen and oxygen atoms in total. The Balaban J connectivity index is 2.06. The van der Waals surface area contributed by atoms with Crippen molar-refractivity contribution in [3.8, 4) is 6.07 Å². The molecule has 1 heterocycles. The predicted molar refractivity (Wildman–Crippen MR) is 104 cm³/mol. The van der Waals surface area contributed by atoms with E-state index in [2.05, 4.69) is 16.8 Å². The van der Waals surface area contributed by atoms with Crippen molar-refractivity contribution in [2.75, 3.05) is 0 Å². The molecule has 6 heteroatoms. The first kappa shape index (κ1) is 20.8. The van der Waals surface area contributed by atoms with Crippen molar-refractivity contribution in [1.29, 1.82) is 5.26 Å². The Morgan fingerprint density at radius 3 is 2.67 bits per heavy atom. The number of rotatable bonds is 7. The number of esters is 1. The third-order valence-electron chi connectivity index (χ3n) is 5.05. The van der Waals surface area contributed by atoms with Gasteiger partial charge in [-0.25, -0.2) is 4.79 Å². The number of nitrogens with zero attached hydrogens (tertiary/aromatic N) is 2. The first-order chi connectivity index (χ1) is 12.9. The summed E-state index contributed by atoms with van der Waals surface area (Å²) in [5.41, 5.74) is 2.79. The number of hydrogen-bond acceptors (Lipinski definition) is 4. The van der Waals surface area contributed by atoms with Gasteiger partial charge in [0, 0.05) is 24.0 Å². The SMILES string of the molecule is CCCn1c(C)cc(/C=C(\C#N)C(=O)O[C@@H](C)C(=O)NC2CCCC2)c1C. The van der Waals surface area contributed by atoms with E-state index >= 15 is 0 Å². The van der Waals surface area contributed by atoms with Crippen LogP contribution in [0.4, 0.5) is 0 Å². The fourth-order valence-electron chi connectivity index (χ4n) is 3.50. The quantitative estimate of drug-likeness (QED) is 0.452. The lowest BCUT2D eigenvalue weighted by Crippen LogP contribution is -2.41. The van der Waals surface area contributed by atoms with E-state index in [9.17, 15) is 14.9 Å². The van der Waals surface area contributed by atoms with Crippen LogP contribution in [0, 0.1) is 25.2 Å². The summed E-state index contributed by atoms with van der Waals surface area (Å²) in [5, 5.41) is 12.3. The molecule has 1 aliphatic rings. The summed E-state index contributed by atoms with van der Waals surface area (Å²) in [7, 11) is 0. The first-order valence-electron chi connectivity index (χ1n) is 9.67. The van der Waals surface area contributed by atoms with E-state index in [1.165, 1.54) is 6.92 Å². The molecule has 146 valence electrons. The summed E-state index contributed by atoms with van der Waals surface area (Å²) < 4.78 is 7.38. The van der Waals surface area contributed by atoms with Gasteiger partial charge >= 0.3 is 5.97 Å². The number of amides is 1. The van der Waals surface area contributed by atoms with Gasteiger partial charge in [0.25, 0.3) is 5.91 Å². The van der Waals surface area contributed by atoms with E-state index in [1.807, 2.05) is 26.0 Å². The van der Waals surface area contributed by atoms with Crippen molar-refractivity contribution in [1.82, 2.24) is 9.88 Å².